The molecule has 0 aliphatic carbocycles. The maximum Gasteiger partial charge on any atom is 0.416 e. The van der Waals surface area contributed by atoms with Crippen LogP contribution in [0.25, 0.3) is 5.76 Å². The SMILES string of the molecule is C=C(O[C@H]1OCCN(Cc2ccccc2)[C@H]1c1ccc(F)cc1)c1cc(C(F)(F)F)cc(C(F)(F)F)c1.Cl. The Morgan fingerprint density at radius 2 is 1.47 bits per heavy atom. The number of rotatable bonds is 6. The maximum absolute atomic E-state index is 13.6. The summed E-state index contributed by atoms with van der Waals surface area (Å²) < 4.78 is 105. The first-order valence-electron chi connectivity index (χ1n) is 11.2. The minimum absolute atomic E-state index is 0. The van der Waals surface area contributed by atoms with E-state index in [4.69, 9.17) is 9.47 Å². The van der Waals surface area contributed by atoms with Crippen LogP contribution in [-0.4, -0.2) is 24.3 Å². The number of alkyl halides is 6. The third-order valence-corrected chi connectivity index (χ3v) is 5.92. The summed E-state index contributed by atoms with van der Waals surface area (Å²) in [6, 6.07) is 15.4. The van der Waals surface area contributed by atoms with Crippen LogP contribution < -0.4 is 0 Å². The summed E-state index contributed by atoms with van der Waals surface area (Å²) in [5, 5.41) is 0. The van der Waals surface area contributed by atoms with Crippen LogP contribution in [0.4, 0.5) is 30.7 Å². The van der Waals surface area contributed by atoms with E-state index in [9.17, 15) is 30.7 Å². The molecule has 1 fully saturated rings. The predicted molar refractivity (Wildman–Crippen MR) is 130 cm³/mol. The van der Waals surface area contributed by atoms with Gasteiger partial charge in [0.05, 0.1) is 23.8 Å². The highest BCUT2D eigenvalue weighted by atomic mass is 35.5. The molecule has 204 valence electrons. The van der Waals surface area contributed by atoms with Crippen LogP contribution in [0.3, 0.4) is 0 Å². The van der Waals surface area contributed by atoms with Crippen molar-refractivity contribution in [3.05, 3.63) is 113 Å². The van der Waals surface area contributed by atoms with Crippen LogP contribution >= 0.6 is 12.4 Å². The van der Waals surface area contributed by atoms with Crippen molar-refractivity contribution in [1.29, 1.82) is 0 Å². The standard InChI is InChI=1S/C27H22F7NO2.ClH/c1-17(20-13-21(26(29,30)31)15-22(14-20)27(32,33)34)37-25-24(19-7-9-23(28)10-8-19)35(11-12-36-25)16-18-5-3-2-4-6-18;/h2-10,13-15,24-25H,1,11-12,16H2;1H/t24-,25+;/m0./s1. The normalized spacial score (nSPS) is 18.5. The number of nitrogens with zero attached hydrogens (tertiary/aromatic N) is 1. The van der Waals surface area contributed by atoms with Crippen molar-refractivity contribution < 1.29 is 40.2 Å². The number of hydrogen-bond acceptors (Lipinski definition) is 3. The van der Waals surface area contributed by atoms with Crippen molar-refractivity contribution in [2.75, 3.05) is 13.2 Å². The second-order valence-corrected chi connectivity index (χ2v) is 8.53. The van der Waals surface area contributed by atoms with E-state index in [1.165, 1.54) is 24.3 Å². The molecule has 1 aliphatic rings. The zero-order valence-electron chi connectivity index (χ0n) is 19.7. The Bertz CT molecular complexity index is 1200. The van der Waals surface area contributed by atoms with Crippen molar-refractivity contribution in [3.8, 4) is 0 Å². The van der Waals surface area contributed by atoms with Crippen LogP contribution in [0.2, 0.25) is 0 Å². The topological polar surface area (TPSA) is 21.7 Å². The molecule has 0 spiro atoms. The first-order valence-corrected chi connectivity index (χ1v) is 11.2. The first-order chi connectivity index (χ1) is 17.4. The van der Waals surface area contributed by atoms with Gasteiger partial charge < -0.3 is 9.47 Å². The van der Waals surface area contributed by atoms with Gasteiger partial charge in [-0.05, 0) is 41.5 Å². The average molecular weight is 562 g/mol. The fourth-order valence-electron chi connectivity index (χ4n) is 4.13. The Labute approximate surface area is 220 Å². The largest absolute Gasteiger partial charge is 0.463 e. The smallest absolute Gasteiger partial charge is 0.416 e. The van der Waals surface area contributed by atoms with E-state index < -0.39 is 53.0 Å². The highest BCUT2D eigenvalue weighted by molar-refractivity contribution is 5.85. The van der Waals surface area contributed by atoms with Gasteiger partial charge in [-0.3, -0.25) is 4.90 Å². The quantitative estimate of drug-likeness (QED) is 0.226. The summed E-state index contributed by atoms with van der Waals surface area (Å²) in [5.74, 6) is -0.893. The second-order valence-electron chi connectivity index (χ2n) is 8.53. The van der Waals surface area contributed by atoms with Crippen LogP contribution in [0.15, 0.2) is 79.4 Å². The molecule has 0 unspecified atom stereocenters. The molecular weight excluding hydrogens is 539 g/mol. The van der Waals surface area contributed by atoms with Gasteiger partial charge in [-0.1, -0.05) is 49.0 Å². The zero-order valence-corrected chi connectivity index (χ0v) is 20.5. The third-order valence-electron chi connectivity index (χ3n) is 5.92. The Morgan fingerprint density at radius 3 is 2.03 bits per heavy atom. The van der Waals surface area contributed by atoms with Gasteiger partial charge >= 0.3 is 12.4 Å². The third kappa shape index (κ3) is 7.06. The highest BCUT2D eigenvalue weighted by Crippen LogP contribution is 2.39. The van der Waals surface area contributed by atoms with E-state index in [0.717, 1.165) is 5.56 Å². The van der Waals surface area contributed by atoms with Gasteiger partial charge in [0.25, 0.3) is 0 Å². The molecule has 0 aromatic heterocycles. The molecule has 0 amide bonds. The number of benzene rings is 3. The molecule has 11 heteroatoms. The van der Waals surface area contributed by atoms with Gasteiger partial charge in [-0.25, -0.2) is 4.39 Å². The molecule has 4 rings (SSSR count). The lowest BCUT2D eigenvalue weighted by Gasteiger charge is -2.41. The van der Waals surface area contributed by atoms with E-state index in [1.54, 1.807) is 0 Å². The molecule has 38 heavy (non-hydrogen) atoms. The van der Waals surface area contributed by atoms with Crippen LogP contribution in [0.5, 0.6) is 0 Å². The molecule has 0 saturated carbocycles. The number of morpholine rings is 1. The lowest BCUT2D eigenvalue weighted by atomic mass is 10.0. The predicted octanol–water partition coefficient (Wildman–Crippen LogP) is 7.87. The number of ether oxygens (including phenoxy) is 2. The number of hydrogen-bond donors (Lipinski definition) is 0. The molecular formula is C27H23ClF7NO2. The molecule has 0 bridgehead atoms. The molecule has 0 radical (unpaired) electrons. The first kappa shape index (κ1) is 29.5. The van der Waals surface area contributed by atoms with E-state index in [0.29, 0.717) is 30.8 Å². The molecule has 3 aromatic carbocycles. The summed E-state index contributed by atoms with van der Waals surface area (Å²) in [7, 11) is 0. The van der Waals surface area contributed by atoms with E-state index in [-0.39, 0.29) is 25.1 Å². The van der Waals surface area contributed by atoms with Crippen LogP contribution in [0, 0.1) is 5.82 Å². The Kier molecular flexibility index (Phi) is 9.12. The van der Waals surface area contributed by atoms with Gasteiger partial charge in [-0.15, -0.1) is 12.4 Å². The van der Waals surface area contributed by atoms with Crippen molar-refractivity contribution in [2.24, 2.45) is 0 Å². The summed E-state index contributed by atoms with van der Waals surface area (Å²) in [6.45, 7) is 4.67. The zero-order chi connectivity index (χ0) is 26.8. The summed E-state index contributed by atoms with van der Waals surface area (Å²) in [4.78, 5) is 1.98. The monoisotopic (exact) mass is 561 g/mol. The fourth-order valence-corrected chi connectivity index (χ4v) is 4.13. The summed E-state index contributed by atoms with van der Waals surface area (Å²) in [6.07, 6.45) is -11.2. The van der Waals surface area contributed by atoms with Gasteiger partial charge in [0.15, 0.2) is 0 Å². The molecule has 3 aromatic rings. The van der Waals surface area contributed by atoms with Gasteiger partial charge in [0.1, 0.15) is 11.6 Å². The molecule has 0 N–H and O–H groups in total. The molecule has 1 saturated heterocycles. The maximum atomic E-state index is 13.6. The Balaban J connectivity index is 0.00000400. The van der Waals surface area contributed by atoms with Crippen molar-refractivity contribution >= 4 is 18.2 Å². The lowest BCUT2D eigenvalue weighted by Crippen LogP contribution is -2.45. The van der Waals surface area contributed by atoms with Crippen molar-refractivity contribution in [1.82, 2.24) is 4.90 Å². The highest BCUT2D eigenvalue weighted by Gasteiger charge is 2.39. The number of halogens is 8. The minimum atomic E-state index is -5.01. The van der Waals surface area contributed by atoms with Crippen LogP contribution in [0.1, 0.15) is 33.9 Å². The van der Waals surface area contributed by atoms with Crippen molar-refractivity contribution in [2.45, 2.75) is 31.2 Å². The summed E-state index contributed by atoms with van der Waals surface area (Å²) in [5.41, 5.74) is -1.89. The lowest BCUT2D eigenvalue weighted by molar-refractivity contribution is -0.181. The minimum Gasteiger partial charge on any atom is -0.463 e. The van der Waals surface area contributed by atoms with Gasteiger partial charge in [-0.2, -0.15) is 26.3 Å². The molecule has 2 atom stereocenters. The van der Waals surface area contributed by atoms with Gasteiger partial charge in [0.2, 0.25) is 6.29 Å². The van der Waals surface area contributed by atoms with E-state index in [1.807, 2.05) is 35.2 Å². The van der Waals surface area contributed by atoms with E-state index in [2.05, 4.69) is 6.58 Å². The van der Waals surface area contributed by atoms with Crippen molar-refractivity contribution in [3.63, 3.8) is 0 Å². The second kappa shape index (κ2) is 11.8. The van der Waals surface area contributed by atoms with Crippen LogP contribution in [-0.2, 0) is 28.4 Å². The average Bonchev–Trinajstić information content (AvgIpc) is 2.84. The fraction of sp³-hybridized carbons (Fsp3) is 0.259. The molecule has 1 heterocycles. The Hall–Kier alpha value is -3.08. The summed E-state index contributed by atoms with van der Waals surface area (Å²) >= 11 is 0. The van der Waals surface area contributed by atoms with E-state index >= 15 is 0 Å². The Morgan fingerprint density at radius 1 is 0.895 bits per heavy atom. The van der Waals surface area contributed by atoms with Gasteiger partial charge in [0, 0.05) is 18.7 Å². The molecule has 1 aliphatic heterocycles. The molecule has 3 nitrogen and oxygen atoms in total.